The van der Waals surface area contributed by atoms with Gasteiger partial charge in [-0.15, -0.1) is 23.1 Å². The zero-order chi connectivity index (χ0) is 23.2. The van der Waals surface area contributed by atoms with Crippen molar-refractivity contribution in [3.63, 3.8) is 0 Å². The molecule has 4 rings (SSSR count). The number of nitrogens with two attached hydrogens (primary N) is 1. The SMILES string of the molecule is CC1(C)S[C@@H]2[C@@H](NC(=O)/C(=N\OC3CCC(=O)CC3)c3csc(N)n3)C(=O)N2[C@H]1C(=O)O. The maximum atomic E-state index is 13.0. The van der Waals surface area contributed by atoms with Gasteiger partial charge >= 0.3 is 5.97 Å². The van der Waals surface area contributed by atoms with Crippen molar-refractivity contribution in [1.82, 2.24) is 15.2 Å². The molecule has 1 aromatic rings. The lowest BCUT2D eigenvalue weighted by Gasteiger charge is -2.43. The summed E-state index contributed by atoms with van der Waals surface area (Å²) in [5.41, 5.74) is 5.78. The van der Waals surface area contributed by atoms with Crippen molar-refractivity contribution in [1.29, 1.82) is 0 Å². The van der Waals surface area contributed by atoms with Crippen LogP contribution < -0.4 is 11.1 Å². The highest BCUT2D eigenvalue weighted by Gasteiger charge is 2.64. The molecule has 3 aliphatic rings. The standard InChI is InChI=1S/C19H23N5O6S2/c1-19(2)13(17(28)29)24-15(27)12(16(24)32-19)22-14(26)11(10-7-31-18(20)21-10)23-30-9-5-3-8(25)4-6-9/h7,9,12-13,16H,3-6H2,1-2H3,(H2,20,21)(H,22,26)(H,28,29)/b23-11-/t12-,13-,16+/m0/s1. The zero-order valence-corrected chi connectivity index (χ0v) is 19.1. The number of fused-ring (bicyclic) bond motifs is 1. The highest BCUT2D eigenvalue weighted by atomic mass is 32.2. The lowest BCUT2D eigenvalue weighted by molar-refractivity contribution is -0.160. The molecule has 11 nitrogen and oxygen atoms in total. The molecule has 3 heterocycles. The van der Waals surface area contributed by atoms with E-state index in [-0.39, 0.29) is 28.4 Å². The molecule has 0 aromatic carbocycles. The number of rotatable bonds is 6. The van der Waals surface area contributed by atoms with Crippen LogP contribution in [0, 0.1) is 0 Å². The maximum absolute atomic E-state index is 13.0. The fourth-order valence-corrected chi connectivity index (χ4v) is 6.28. The number of anilines is 1. The first kappa shape index (κ1) is 22.5. The molecule has 0 spiro atoms. The summed E-state index contributed by atoms with van der Waals surface area (Å²) in [4.78, 5) is 59.7. The molecule has 0 unspecified atom stereocenters. The minimum absolute atomic E-state index is 0.127. The van der Waals surface area contributed by atoms with Crippen LogP contribution in [0.4, 0.5) is 5.13 Å². The molecule has 172 valence electrons. The van der Waals surface area contributed by atoms with Gasteiger partial charge in [-0.2, -0.15) is 0 Å². The average molecular weight is 482 g/mol. The highest BCUT2D eigenvalue weighted by Crippen LogP contribution is 2.50. The monoisotopic (exact) mass is 481 g/mol. The van der Waals surface area contributed by atoms with Gasteiger partial charge < -0.3 is 25.9 Å². The van der Waals surface area contributed by atoms with Gasteiger partial charge in [-0.3, -0.25) is 14.4 Å². The van der Waals surface area contributed by atoms with E-state index in [0.29, 0.717) is 25.7 Å². The second-order valence-electron chi connectivity index (χ2n) is 8.40. The Hall–Kier alpha value is -2.67. The summed E-state index contributed by atoms with van der Waals surface area (Å²) in [6.07, 6.45) is 1.53. The largest absolute Gasteiger partial charge is 0.480 e. The number of ketones is 1. The summed E-state index contributed by atoms with van der Waals surface area (Å²) in [7, 11) is 0. The number of carbonyl (C=O) groups excluding carboxylic acids is 3. The summed E-state index contributed by atoms with van der Waals surface area (Å²) in [5.74, 6) is -2.04. The van der Waals surface area contributed by atoms with Crippen LogP contribution in [-0.4, -0.2) is 72.6 Å². The van der Waals surface area contributed by atoms with E-state index in [4.69, 9.17) is 10.6 Å². The molecule has 3 atom stereocenters. The molecule has 2 aliphatic heterocycles. The number of oxime groups is 1. The number of nitrogens with one attached hydrogen (secondary N) is 1. The lowest BCUT2D eigenvalue weighted by Crippen LogP contribution is -2.71. The molecular formula is C19H23N5O6S2. The van der Waals surface area contributed by atoms with Gasteiger partial charge in [0.25, 0.3) is 5.91 Å². The zero-order valence-electron chi connectivity index (χ0n) is 17.4. The average Bonchev–Trinajstić information content (AvgIpc) is 3.26. The second kappa shape index (κ2) is 8.35. The molecule has 0 bridgehead atoms. The van der Waals surface area contributed by atoms with Crippen LogP contribution in [0.15, 0.2) is 10.5 Å². The summed E-state index contributed by atoms with van der Waals surface area (Å²) >= 11 is 2.46. The van der Waals surface area contributed by atoms with Gasteiger partial charge in [0.05, 0.1) is 0 Å². The molecule has 3 fully saturated rings. The van der Waals surface area contributed by atoms with Crippen molar-refractivity contribution in [2.75, 3.05) is 5.73 Å². The Kier molecular flexibility index (Phi) is 5.88. The fourth-order valence-electron chi connectivity index (χ4n) is 4.10. The number of hydrogen-bond donors (Lipinski definition) is 3. The van der Waals surface area contributed by atoms with Crippen molar-refractivity contribution >= 4 is 57.5 Å². The van der Waals surface area contributed by atoms with Crippen LogP contribution in [0.2, 0.25) is 0 Å². The number of thioether (sulfide) groups is 1. The molecule has 1 aliphatic carbocycles. The van der Waals surface area contributed by atoms with Crippen LogP contribution >= 0.6 is 23.1 Å². The van der Waals surface area contributed by atoms with Crippen molar-refractivity contribution in [3.05, 3.63) is 11.1 Å². The molecular weight excluding hydrogens is 458 g/mol. The number of hydrogen-bond acceptors (Lipinski definition) is 10. The maximum Gasteiger partial charge on any atom is 0.327 e. The third-order valence-electron chi connectivity index (χ3n) is 5.72. The smallest absolute Gasteiger partial charge is 0.327 e. The van der Waals surface area contributed by atoms with Crippen LogP contribution in [0.1, 0.15) is 45.2 Å². The number of amides is 2. The first-order chi connectivity index (χ1) is 15.1. The number of thiazole rings is 1. The van der Waals surface area contributed by atoms with Crippen molar-refractivity contribution in [2.24, 2.45) is 5.16 Å². The number of β-lactam (4-membered cyclic amide) rings is 1. The highest BCUT2D eigenvalue weighted by molar-refractivity contribution is 8.01. The molecule has 1 aromatic heterocycles. The summed E-state index contributed by atoms with van der Waals surface area (Å²) < 4.78 is -0.701. The Morgan fingerprint density at radius 3 is 2.62 bits per heavy atom. The van der Waals surface area contributed by atoms with Crippen LogP contribution in [0.5, 0.6) is 0 Å². The summed E-state index contributed by atoms with van der Waals surface area (Å²) in [5, 5.41) is 17.5. The van der Waals surface area contributed by atoms with Crippen molar-refractivity contribution in [3.8, 4) is 0 Å². The van der Waals surface area contributed by atoms with Crippen molar-refractivity contribution < 1.29 is 29.1 Å². The third-order valence-corrected chi connectivity index (χ3v) is 7.97. The minimum Gasteiger partial charge on any atom is -0.480 e. The summed E-state index contributed by atoms with van der Waals surface area (Å²) in [6, 6.07) is -1.86. The lowest BCUT2D eigenvalue weighted by atomic mass is 9.96. The topological polar surface area (TPSA) is 164 Å². The van der Waals surface area contributed by atoms with Gasteiger partial charge in [0, 0.05) is 23.0 Å². The number of aromatic nitrogens is 1. The molecule has 2 amide bonds. The van der Waals surface area contributed by atoms with Gasteiger partial charge in [0.2, 0.25) is 5.91 Å². The molecule has 13 heteroatoms. The Labute approximate surface area is 191 Å². The van der Waals surface area contributed by atoms with Crippen LogP contribution in [-0.2, 0) is 24.0 Å². The van der Waals surface area contributed by atoms with E-state index in [2.05, 4.69) is 15.5 Å². The molecule has 1 saturated carbocycles. The van der Waals surface area contributed by atoms with Crippen molar-refractivity contribution in [2.45, 2.75) is 67.8 Å². The predicted octanol–water partition coefficient (Wildman–Crippen LogP) is 0.589. The normalized spacial score (nSPS) is 27.6. The molecule has 0 radical (unpaired) electrons. The second-order valence-corrected chi connectivity index (χ2v) is 11.1. The van der Waals surface area contributed by atoms with E-state index in [1.54, 1.807) is 19.2 Å². The van der Waals surface area contributed by atoms with E-state index in [1.165, 1.54) is 16.7 Å². The minimum atomic E-state index is -1.08. The van der Waals surface area contributed by atoms with Crippen LogP contribution in [0.25, 0.3) is 0 Å². The Balaban J connectivity index is 1.50. The van der Waals surface area contributed by atoms with Gasteiger partial charge in [0.15, 0.2) is 10.8 Å². The number of carbonyl (C=O) groups is 4. The third kappa shape index (κ3) is 4.06. The number of carboxylic acid groups (broad SMARTS) is 1. The molecule has 4 N–H and O–H groups in total. The van der Waals surface area contributed by atoms with Gasteiger partial charge in [-0.05, 0) is 26.7 Å². The number of carboxylic acids is 1. The molecule has 2 saturated heterocycles. The van der Waals surface area contributed by atoms with E-state index < -0.39 is 40.0 Å². The predicted molar refractivity (Wildman–Crippen MR) is 117 cm³/mol. The van der Waals surface area contributed by atoms with Gasteiger partial charge in [-0.1, -0.05) is 5.16 Å². The first-order valence-electron chi connectivity index (χ1n) is 10.1. The Bertz CT molecular complexity index is 998. The molecule has 32 heavy (non-hydrogen) atoms. The Morgan fingerprint density at radius 1 is 1.34 bits per heavy atom. The Morgan fingerprint density at radius 2 is 2.03 bits per heavy atom. The van der Waals surface area contributed by atoms with Gasteiger partial charge in [0.1, 0.15) is 35.0 Å². The summed E-state index contributed by atoms with van der Waals surface area (Å²) in [6.45, 7) is 3.52. The quantitative estimate of drug-likeness (QED) is 0.299. The number of nitrogen functional groups attached to an aromatic ring is 1. The number of aliphatic carboxylic acids is 1. The number of nitrogens with zero attached hydrogens (tertiary/aromatic N) is 3. The number of Topliss-reactive ketones (excluding diaryl/α,β-unsaturated/α-hetero) is 1. The fraction of sp³-hybridized carbons (Fsp3) is 0.579. The van der Waals surface area contributed by atoms with E-state index in [0.717, 1.165) is 11.3 Å². The van der Waals surface area contributed by atoms with E-state index >= 15 is 0 Å². The van der Waals surface area contributed by atoms with Gasteiger partial charge in [-0.25, -0.2) is 9.78 Å². The first-order valence-corrected chi connectivity index (χ1v) is 11.8. The van der Waals surface area contributed by atoms with E-state index in [1.807, 2.05) is 0 Å². The van der Waals surface area contributed by atoms with Crippen LogP contribution in [0.3, 0.4) is 0 Å². The van der Waals surface area contributed by atoms with E-state index in [9.17, 15) is 24.3 Å².